The van der Waals surface area contributed by atoms with E-state index in [4.69, 9.17) is 9.47 Å². The van der Waals surface area contributed by atoms with Gasteiger partial charge in [-0.1, -0.05) is 31.5 Å². The third-order valence-corrected chi connectivity index (χ3v) is 3.83. The summed E-state index contributed by atoms with van der Waals surface area (Å²) in [5, 5.41) is 6.64. The van der Waals surface area contributed by atoms with Crippen LogP contribution in [0.2, 0.25) is 0 Å². The number of unbranched alkanes of at least 4 members (excludes halogenated alkanes) is 1. The van der Waals surface area contributed by atoms with Crippen LogP contribution in [0.15, 0.2) is 29.3 Å². The Hall–Kier alpha value is -1.02. The Balaban J connectivity index is 0.00000288. The van der Waals surface area contributed by atoms with Gasteiger partial charge in [0.2, 0.25) is 0 Å². The van der Waals surface area contributed by atoms with Crippen LogP contribution in [0.1, 0.15) is 31.7 Å². The Kier molecular flexibility index (Phi) is 10.8. The maximum absolute atomic E-state index is 5.92. The van der Waals surface area contributed by atoms with Gasteiger partial charge in [0.25, 0.3) is 0 Å². The zero-order valence-corrected chi connectivity index (χ0v) is 17.0. The maximum Gasteiger partial charge on any atom is 0.191 e. The summed E-state index contributed by atoms with van der Waals surface area (Å²) >= 11 is 0. The second kappa shape index (κ2) is 12.4. The van der Waals surface area contributed by atoms with Crippen LogP contribution in [0.4, 0.5) is 0 Å². The van der Waals surface area contributed by atoms with Crippen LogP contribution >= 0.6 is 24.0 Å². The quantitative estimate of drug-likeness (QED) is 0.265. The number of aliphatic imine (C=N–C) groups is 1. The summed E-state index contributed by atoms with van der Waals surface area (Å²) in [4.78, 5) is 4.24. The molecule has 0 aliphatic carbocycles. The Bertz CT molecular complexity index is 472. The number of para-hydroxylation sites is 1. The summed E-state index contributed by atoms with van der Waals surface area (Å²) in [6, 6.07) is 8.22. The molecule has 0 radical (unpaired) electrons. The molecule has 1 aromatic rings. The number of benzene rings is 1. The highest BCUT2D eigenvalue weighted by Crippen LogP contribution is 2.27. The van der Waals surface area contributed by atoms with Crippen molar-refractivity contribution in [1.82, 2.24) is 10.6 Å². The standard InChI is InChI=1S/C18H29N3O2.HI/c1-3-4-11-22-12-7-10-20-18(19-2)21-14-16-13-15-8-5-6-9-17(15)23-16;/h5-6,8-9,16H,3-4,7,10-14H2,1-2H3,(H2,19,20,21);1H. The van der Waals surface area contributed by atoms with Crippen molar-refractivity contribution in [2.75, 3.05) is 33.4 Å². The molecule has 0 amide bonds. The number of guanidine groups is 1. The van der Waals surface area contributed by atoms with Crippen LogP contribution in [-0.2, 0) is 11.2 Å². The molecule has 2 N–H and O–H groups in total. The predicted octanol–water partition coefficient (Wildman–Crippen LogP) is 2.98. The van der Waals surface area contributed by atoms with Crippen LogP contribution in [0.25, 0.3) is 0 Å². The SMILES string of the molecule is CCCCOCCCNC(=NC)NCC1Cc2ccccc2O1.I. The predicted molar refractivity (Wildman–Crippen MR) is 110 cm³/mol. The molecule has 0 aromatic heterocycles. The molecule has 1 aliphatic rings. The minimum absolute atomic E-state index is 0. The van der Waals surface area contributed by atoms with Crippen LogP contribution in [0.5, 0.6) is 5.75 Å². The van der Waals surface area contributed by atoms with E-state index in [2.05, 4.69) is 34.7 Å². The van der Waals surface area contributed by atoms with Gasteiger partial charge in [-0.3, -0.25) is 4.99 Å². The van der Waals surface area contributed by atoms with E-state index < -0.39 is 0 Å². The molecule has 1 aliphatic heterocycles. The Morgan fingerprint density at radius 2 is 2.04 bits per heavy atom. The van der Waals surface area contributed by atoms with Crippen molar-refractivity contribution in [3.8, 4) is 5.75 Å². The van der Waals surface area contributed by atoms with E-state index in [9.17, 15) is 0 Å². The molecule has 0 spiro atoms. The van der Waals surface area contributed by atoms with Gasteiger partial charge >= 0.3 is 0 Å². The lowest BCUT2D eigenvalue weighted by molar-refractivity contribution is 0.129. The van der Waals surface area contributed by atoms with Crippen molar-refractivity contribution in [1.29, 1.82) is 0 Å². The number of hydrogen-bond acceptors (Lipinski definition) is 3. The first-order valence-corrected chi connectivity index (χ1v) is 8.60. The largest absolute Gasteiger partial charge is 0.488 e. The third kappa shape index (κ3) is 7.25. The van der Waals surface area contributed by atoms with Crippen molar-refractivity contribution < 1.29 is 9.47 Å². The van der Waals surface area contributed by atoms with E-state index in [1.807, 2.05) is 12.1 Å². The van der Waals surface area contributed by atoms with E-state index in [-0.39, 0.29) is 30.1 Å². The van der Waals surface area contributed by atoms with Crippen LogP contribution in [0.3, 0.4) is 0 Å². The summed E-state index contributed by atoms with van der Waals surface area (Å²) < 4.78 is 11.5. The fraction of sp³-hybridized carbons (Fsp3) is 0.611. The number of nitrogens with zero attached hydrogens (tertiary/aromatic N) is 1. The van der Waals surface area contributed by atoms with Gasteiger partial charge in [-0.25, -0.2) is 0 Å². The Morgan fingerprint density at radius 3 is 2.79 bits per heavy atom. The Morgan fingerprint density at radius 1 is 1.25 bits per heavy atom. The number of hydrogen-bond donors (Lipinski definition) is 2. The van der Waals surface area contributed by atoms with E-state index in [1.54, 1.807) is 7.05 Å². The zero-order valence-electron chi connectivity index (χ0n) is 14.7. The molecule has 5 nitrogen and oxygen atoms in total. The summed E-state index contributed by atoms with van der Waals surface area (Å²) in [6.07, 6.45) is 4.42. The number of rotatable bonds is 9. The molecule has 0 fully saturated rings. The number of nitrogens with one attached hydrogen (secondary N) is 2. The molecule has 136 valence electrons. The van der Waals surface area contributed by atoms with Gasteiger partial charge in [-0.2, -0.15) is 0 Å². The number of halogens is 1. The lowest BCUT2D eigenvalue weighted by atomic mass is 10.1. The highest BCUT2D eigenvalue weighted by molar-refractivity contribution is 14.0. The first-order chi connectivity index (χ1) is 11.3. The van der Waals surface area contributed by atoms with Gasteiger partial charge in [0, 0.05) is 33.2 Å². The molecule has 1 heterocycles. The minimum Gasteiger partial charge on any atom is -0.488 e. The minimum atomic E-state index is 0. The molecular weight excluding hydrogens is 417 g/mol. The first-order valence-electron chi connectivity index (χ1n) is 8.60. The summed E-state index contributed by atoms with van der Waals surface area (Å²) in [6.45, 7) is 5.44. The van der Waals surface area contributed by atoms with Crippen LogP contribution < -0.4 is 15.4 Å². The molecular formula is C18H30IN3O2. The lowest BCUT2D eigenvalue weighted by Gasteiger charge is -2.15. The topological polar surface area (TPSA) is 54.9 Å². The van der Waals surface area contributed by atoms with Crippen LogP contribution in [0, 0.1) is 0 Å². The zero-order chi connectivity index (χ0) is 16.3. The van der Waals surface area contributed by atoms with Gasteiger partial charge in [0.1, 0.15) is 11.9 Å². The van der Waals surface area contributed by atoms with Crippen molar-refractivity contribution in [2.45, 2.75) is 38.7 Å². The molecule has 1 atom stereocenters. The molecule has 0 saturated heterocycles. The number of ether oxygens (including phenoxy) is 2. The highest BCUT2D eigenvalue weighted by atomic mass is 127. The molecule has 24 heavy (non-hydrogen) atoms. The first kappa shape index (κ1) is 21.0. The number of fused-ring (bicyclic) bond motifs is 1. The van der Waals surface area contributed by atoms with E-state index in [1.165, 1.54) is 12.0 Å². The van der Waals surface area contributed by atoms with E-state index in [0.717, 1.165) is 57.3 Å². The van der Waals surface area contributed by atoms with Crippen molar-refractivity contribution in [3.05, 3.63) is 29.8 Å². The molecule has 1 unspecified atom stereocenters. The normalized spacial score (nSPS) is 16.1. The van der Waals surface area contributed by atoms with Crippen molar-refractivity contribution in [3.63, 3.8) is 0 Å². The molecule has 2 rings (SSSR count). The van der Waals surface area contributed by atoms with Gasteiger partial charge in [-0.15, -0.1) is 24.0 Å². The second-order valence-electron chi connectivity index (χ2n) is 5.75. The van der Waals surface area contributed by atoms with E-state index >= 15 is 0 Å². The molecule has 0 saturated carbocycles. The van der Waals surface area contributed by atoms with Gasteiger partial charge in [0.05, 0.1) is 6.54 Å². The van der Waals surface area contributed by atoms with Crippen LogP contribution in [-0.4, -0.2) is 45.4 Å². The lowest BCUT2D eigenvalue weighted by Crippen LogP contribution is -2.42. The van der Waals surface area contributed by atoms with Gasteiger partial charge < -0.3 is 20.1 Å². The molecule has 0 bridgehead atoms. The average Bonchev–Trinajstić information content (AvgIpc) is 2.99. The Labute approximate surface area is 162 Å². The fourth-order valence-electron chi connectivity index (χ4n) is 2.53. The maximum atomic E-state index is 5.92. The molecule has 6 heteroatoms. The second-order valence-corrected chi connectivity index (χ2v) is 5.75. The highest BCUT2D eigenvalue weighted by Gasteiger charge is 2.22. The monoisotopic (exact) mass is 447 g/mol. The summed E-state index contributed by atoms with van der Waals surface area (Å²) in [5.41, 5.74) is 1.28. The van der Waals surface area contributed by atoms with E-state index in [0.29, 0.717) is 0 Å². The smallest absolute Gasteiger partial charge is 0.191 e. The summed E-state index contributed by atoms with van der Waals surface area (Å²) in [7, 11) is 1.79. The molecule has 1 aromatic carbocycles. The summed E-state index contributed by atoms with van der Waals surface area (Å²) in [5.74, 6) is 1.82. The third-order valence-electron chi connectivity index (χ3n) is 3.83. The fourth-order valence-corrected chi connectivity index (χ4v) is 2.53. The van der Waals surface area contributed by atoms with Gasteiger partial charge in [-0.05, 0) is 24.5 Å². The van der Waals surface area contributed by atoms with Crippen molar-refractivity contribution in [2.24, 2.45) is 4.99 Å². The van der Waals surface area contributed by atoms with Gasteiger partial charge in [0.15, 0.2) is 5.96 Å². The van der Waals surface area contributed by atoms with Crippen molar-refractivity contribution >= 4 is 29.9 Å². The average molecular weight is 447 g/mol.